The van der Waals surface area contributed by atoms with Crippen LogP contribution in [-0.4, -0.2) is 5.78 Å². The van der Waals surface area contributed by atoms with E-state index < -0.39 is 0 Å². The van der Waals surface area contributed by atoms with Gasteiger partial charge in [-0.05, 0) is 41.5 Å². The van der Waals surface area contributed by atoms with E-state index in [-0.39, 0.29) is 5.78 Å². The number of carbonyl (C=O) groups is 1. The van der Waals surface area contributed by atoms with Gasteiger partial charge in [-0.15, -0.1) is 0 Å². The fourth-order valence-electron chi connectivity index (χ4n) is 3.16. The molecule has 0 amide bonds. The second kappa shape index (κ2) is 7.23. The van der Waals surface area contributed by atoms with Gasteiger partial charge < -0.3 is 0 Å². The quantitative estimate of drug-likeness (QED) is 0.525. The van der Waals surface area contributed by atoms with Crippen LogP contribution in [0.2, 0.25) is 0 Å². The summed E-state index contributed by atoms with van der Waals surface area (Å²) in [6, 6.07) is 20.5. The Labute approximate surface area is 138 Å². The van der Waals surface area contributed by atoms with Gasteiger partial charge in [-0.3, -0.25) is 4.79 Å². The molecular weight excluding hydrogens is 280 g/mol. The number of rotatable bonds is 2. The highest BCUT2D eigenvalue weighted by molar-refractivity contribution is 6.00. The molecule has 1 heteroatoms. The molecule has 0 aromatic heterocycles. The van der Waals surface area contributed by atoms with Gasteiger partial charge in [0.15, 0.2) is 5.78 Å². The molecule has 0 saturated heterocycles. The van der Waals surface area contributed by atoms with Gasteiger partial charge in [0.05, 0.1) is 0 Å². The summed E-state index contributed by atoms with van der Waals surface area (Å²) in [5.74, 6) is 0.692. The highest BCUT2D eigenvalue weighted by atomic mass is 16.1. The van der Waals surface area contributed by atoms with Crippen LogP contribution >= 0.6 is 0 Å². The van der Waals surface area contributed by atoms with Gasteiger partial charge in [0.1, 0.15) is 0 Å². The zero-order chi connectivity index (χ0) is 16.1. The van der Waals surface area contributed by atoms with Crippen molar-refractivity contribution in [3.63, 3.8) is 0 Å². The van der Waals surface area contributed by atoms with Crippen molar-refractivity contribution in [2.45, 2.75) is 26.2 Å². The summed E-state index contributed by atoms with van der Waals surface area (Å²) in [4.78, 5) is 12.5. The molecule has 0 radical (unpaired) electrons. The number of ketones is 1. The highest BCUT2D eigenvalue weighted by Crippen LogP contribution is 2.30. The normalized spacial score (nSPS) is 22.3. The molecule has 116 valence electrons. The molecule has 1 aliphatic carbocycles. The first-order valence-electron chi connectivity index (χ1n) is 8.24. The number of hydrogen-bond donors (Lipinski definition) is 0. The van der Waals surface area contributed by atoms with Gasteiger partial charge in [-0.2, -0.15) is 0 Å². The molecular formula is C22H22O. The van der Waals surface area contributed by atoms with Crippen molar-refractivity contribution < 1.29 is 4.79 Å². The first-order chi connectivity index (χ1) is 11.2. The number of carbonyl (C=O) groups excluding carboxylic acids is 1. The molecule has 0 bridgehead atoms. The molecule has 1 fully saturated rings. The van der Waals surface area contributed by atoms with Gasteiger partial charge in [0.25, 0.3) is 0 Å². The number of Topliss-reactive ketones (excluding diaryl/α,β-unsaturated/α-hetero) is 1. The van der Waals surface area contributed by atoms with Gasteiger partial charge in [-0.25, -0.2) is 0 Å². The van der Waals surface area contributed by atoms with Crippen molar-refractivity contribution in [3.8, 4) is 0 Å². The fraction of sp³-hybridized carbons (Fsp3) is 0.227. The second-order valence-corrected chi connectivity index (χ2v) is 6.41. The predicted octanol–water partition coefficient (Wildman–Crippen LogP) is 5.54. The summed E-state index contributed by atoms with van der Waals surface area (Å²) in [5, 5.41) is 0. The van der Waals surface area contributed by atoms with Crippen LogP contribution in [0.25, 0.3) is 12.2 Å². The van der Waals surface area contributed by atoms with Crippen LogP contribution in [0.1, 0.15) is 37.3 Å². The Kier molecular flexibility index (Phi) is 4.87. The molecule has 1 unspecified atom stereocenters. The third-order valence-electron chi connectivity index (χ3n) is 4.23. The van der Waals surface area contributed by atoms with E-state index in [0.717, 1.165) is 24.0 Å². The lowest BCUT2D eigenvalue weighted by Crippen LogP contribution is -2.03. The van der Waals surface area contributed by atoms with E-state index in [1.54, 1.807) is 0 Å². The molecule has 0 aliphatic heterocycles. The van der Waals surface area contributed by atoms with E-state index in [0.29, 0.717) is 12.3 Å². The average Bonchev–Trinajstić information content (AvgIpc) is 2.68. The maximum atomic E-state index is 12.5. The van der Waals surface area contributed by atoms with Crippen molar-refractivity contribution >= 4 is 17.9 Å². The topological polar surface area (TPSA) is 17.1 Å². The first kappa shape index (κ1) is 15.5. The van der Waals surface area contributed by atoms with E-state index in [1.807, 2.05) is 24.3 Å². The molecule has 1 saturated carbocycles. The smallest absolute Gasteiger partial charge is 0.159 e. The van der Waals surface area contributed by atoms with E-state index in [2.05, 4.69) is 55.5 Å². The van der Waals surface area contributed by atoms with Crippen LogP contribution in [0.15, 0.2) is 71.8 Å². The standard InChI is InChI=1S/C22H22O/c1-17-12-20(14-18-8-4-2-5-9-18)16-21(22(23)13-17)15-19-10-6-3-7-11-19/h2-11,14-15,17H,12-13,16H2,1H3/b20-14-,21-15-. The Morgan fingerprint density at radius 3 is 2.00 bits per heavy atom. The zero-order valence-electron chi connectivity index (χ0n) is 13.5. The summed E-state index contributed by atoms with van der Waals surface area (Å²) in [5.41, 5.74) is 4.59. The predicted molar refractivity (Wildman–Crippen MR) is 96.9 cm³/mol. The number of allylic oxidation sites excluding steroid dienone is 2. The van der Waals surface area contributed by atoms with E-state index in [9.17, 15) is 4.79 Å². The SMILES string of the molecule is CC1CC(=O)/C(=C\c2ccccc2)C/C(=C\c2ccccc2)C1. The van der Waals surface area contributed by atoms with Gasteiger partial charge in [0.2, 0.25) is 0 Å². The second-order valence-electron chi connectivity index (χ2n) is 6.41. The van der Waals surface area contributed by atoms with E-state index >= 15 is 0 Å². The molecule has 3 rings (SSSR count). The van der Waals surface area contributed by atoms with Crippen LogP contribution < -0.4 is 0 Å². The lowest BCUT2D eigenvalue weighted by atomic mass is 9.97. The Morgan fingerprint density at radius 1 is 0.826 bits per heavy atom. The minimum Gasteiger partial charge on any atom is -0.295 e. The van der Waals surface area contributed by atoms with Gasteiger partial charge >= 0.3 is 0 Å². The lowest BCUT2D eigenvalue weighted by Gasteiger charge is -2.07. The largest absolute Gasteiger partial charge is 0.295 e. The van der Waals surface area contributed by atoms with Gasteiger partial charge in [-0.1, -0.05) is 79.2 Å². The summed E-state index contributed by atoms with van der Waals surface area (Å²) in [6.07, 6.45) is 6.69. The van der Waals surface area contributed by atoms with Crippen LogP contribution in [-0.2, 0) is 4.79 Å². The summed E-state index contributed by atoms with van der Waals surface area (Å²) in [6.45, 7) is 2.17. The minimum atomic E-state index is 0.290. The van der Waals surface area contributed by atoms with Crippen LogP contribution in [0.4, 0.5) is 0 Å². The highest BCUT2D eigenvalue weighted by Gasteiger charge is 2.21. The van der Waals surface area contributed by atoms with Crippen LogP contribution in [0.5, 0.6) is 0 Å². The maximum Gasteiger partial charge on any atom is 0.159 e. The van der Waals surface area contributed by atoms with Crippen molar-refractivity contribution in [1.82, 2.24) is 0 Å². The Bertz CT molecular complexity index is 723. The Balaban J connectivity index is 1.92. The zero-order valence-corrected chi connectivity index (χ0v) is 13.5. The third kappa shape index (κ3) is 4.29. The summed E-state index contributed by atoms with van der Waals surface area (Å²) < 4.78 is 0. The third-order valence-corrected chi connectivity index (χ3v) is 4.23. The van der Waals surface area contributed by atoms with Crippen molar-refractivity contribution in [1.29, 1.82) is 0 Å². The molecule has 2 aromatic carbocycles. The van der Waals surface area contributed by atoms with Gasteiger partial charge in [0, 0.05) is 6.42 Å². The molecule has 0 spiro atoms. The van der Waals surface area contributed by atoms with E-state index in [4.69, 9.17) is 0 Å². The van der Waals surface area contributed by atoms with Crippen LogP contribution in [0.3, 0.4) is 0 Å². The molecule has 1 aliphatic rings. The minimum absolute atomic E-state index is 0.290. The Hall–Kier alpha value is -2.41. The summed E-state index contributed by atoms with van der Waals surface area (Å²) >= 11 is 0. The first-order valence-corrected chi connectivity index (χ1v) is 8.24. The lowest BCUT2D eigenvalue weighted by molar-refractivity contribution is -0.116. The number of hydrogen-bond acceptors (Lipinski definition) is 1. The van der Waals surface area contributed by atoms with Crippen molar-refractivity contribution in [2.24, 2.45) is 5.92 Å². The molecule has 0 heterocycles. The van der Waals surface area contributed by atoms with Crippen molar-refractivity contribution in [2.75, 3.05) is 0 Å². The van der Waals surface area contributed by atoms with Crippen LogP contribution in [0, 0.1) is 5.92 Å². The molecule has 1 nitrogen and oxygen atoms in total. The number of benzene rings is 2. The molecule has 0 N–H and O–H groups in total. The average molecular weight is 302 g/mol. The van der Waals surface area contributed by atoms with E-state index in [1.165, 1.54) is 11.1 Å². The Morgan fingerprint density at radius 2 is 1.39 bits per heavy atom. The fourth-order valence-corrected chi connectivity index (χ4v) is 3.16. The monoisotopic (exact) mass is 302 g/mol. The summed E-state index contributed by atoms with van der Waals surface area (Å²) in [7, 11) is 0. The molecule has 1 atom stereocenters. The van der Waals surface area contributed by atoms with Crippen molar-refractivity contribution in [3.05, 3.63) is 82.9 Å². The molecule has 23 heavy (non-hydrogen) atoms. The molecule has 2 aromatic rings. The maximum absolute atomic E-state index is 12.5.